The molecule has 2 aromatic heterocycles. The number of carbonyl (C=O) groups excluding carboxylic acids is 1. The molecule has 0 N–H and O–H groups in total. The highest BCUT2D eigenvalue weighted by molar-refractivity contribution is 7.99. The summed E-state index contributed by atoms with van der Waals surface area (Å²) in [5.41, 5.74) is -0.0713. The first-order valence-corrected chi connectivity index (χ1v) is 9.71. The average Bonchev–Trinajstić information content (AvgIpc) is 2.66. The van der Waals surface area contributed by atoms with Gasteiger partial charge in [0.05, 0.1) is 16.3 Å². The van der Waals surface area contributed by atoms with E-state index in [4.69, 9.17) is 34.8 Å². The van der Waals surface area contributed by atoms with Crippen LogP contribution in [0.3, 0.4) is 0 Å². The molecule has 0 radical (unpaired) electrons. The number of benzene rings is 1. The minimum absolute atomic E-state index is 0.0591. The van der Waals surface area contributed by atoms with Crippen molar-refractivity contribution in [3.05, 3.63) is 69.6 Å². The van der Waals surface area contributed by atoms with Gasteiger partial charge in [-0.1, -0.05) is 46.6 Å². The monoisotopic (exact) mass is 477 g/mol. The Morgan fingerprint density at radius 1 is 1.03 bits per heavy atom. The molecule has 0 atom stereocenters. The summed E-state index contributed by atoms with van der Waals surface area (Å²) in [6, 6.07) is 10.5. The van der Waals surface area contributed by atoms with Gasteiger partial charge >= 0.3 is 6.18 Å². The van der Waals surface area contributed by atoms with Crippen molar-refractivity contribution < 1.29 is 18.0 Å². The number of nitrogens with zero attached hydrogens (tertiary/aromatic N) is 3. The van der Waals surface area contributed by atoms with Gasteiger partial charge in [-0.2, -0.15) is 13.2 Å². The molecule has 0 bridgehead atoms. The zero-order valence-electron chi connectivity index (χ0n) is 14.1. The Morgan fingerprint density at radius 3 is 2.28 bits per heavy atom. The minimum Gasteiger partial charge on any atom is -0.281 e. The number of halogens is 6. The van der Waals surface area contributed by atoms with Gasteiger partial charge in [-0.15, -0.1) is 0 Å². The Kier molecular flexibility index (Phi) is 6.58. The van der Waals surface area contributed by atoms with Gasteiger partial charge in [0.2, 0.25) is 6.41 Å². The van der Waals surface area contributed by atoms with Crippen molar-refractivity contribution in [3.8, 4) is 0 Å². The molecule has 3 rings (SSSR count). The summed E-state index contributed by atoms with van der Waals surface area (Å²) >= 11 is 18.8. The van der Waals surface area contributed by atoms with E-state index in [0.29, 0.717) is 22.7 Å². The third-order valence-corrected chi connectivity index (χ3v) is 5.54. The second kappa shape index (κ2) is 8.79. The Labute approximate surface area is 182 Å². The molecule has 2 heterocycles. The standard InChI is InChI=1S/C18H9Cl3F3N3OS/c19-13-7-10(18(22,23)24)8-25-17(13)29-12-3-1-11(2-4-12)27(9-28)14-5-6-15(20)26-16(14)21/h1-9H. The molecule has 1 aromatic carbocycles. The van der Waals surface area contributed by atoms with Gasteiger partial charge < -0.3 is 0 Å². The molecule has 0 fully saturated rings. The van der Waals surface area contributed by atoms with Gasteiger partial charge in [0.1, 0.15) is 10.2 Å². The summed E-state index contributed by atoms with van der Waals surface area (Å²) in [6.45, 7) is 0. The van der Waals surface area contributed by atoms with Crippen LogP contribution in [-0.2, 0) is 11.0 Å². The van der Waals surface area contributed by atoms with Crippen LogP contribution in [0.15, 0.2) is 58.6 Å². The van der Waals surface area contributed by atoms with Gasteiger partial charge in [-0.3, -0.25) is 9.69 Å². The first-order valence-electron chi connectivity index (χ1n) is 7.76. The van der Waals surface area contributed by atoms with E-state index < -0.39 is 11.7 Å². The number of alkyl halides is 3. The van der Waals surface area contributed by atoms with Crippen molar-refractivity contribution in [2.45, 2.75) is 16.1 Å². The van der Waals surface area contributed by atoms with Gasteiger partial charge in [0, 0.05) is 16.8 Å². The third kappa shape index (κ3) is 5.14. The van der Waals surface area contributed by atoms with E-state index >= 15 is 0 Å². The van der Waals surface area contributed by atoms with Gasteiger partial charge in [0.15, 0.2) is 5.15 Å². The lowest BCUT2D eigenvalue weighted by Crippen LogP contribution is -2.14. The molecule has 4 nitrogen and oxygen atoms in total. The number of hydrogen-bond donors (Lipinski definition) is 0. The Hall–Kier alpha value is -2.00. The number of hydrogen-bond acceptors (Lipinski definition) is 4. The highest BCUT2D eigenvalue weighted by atomic mass is 35.5. The fourth-order valence-corrected chi connectivity index (χ4v) is 3.76. The maximum atomic E-state index is 12.7. The summed E-state index contributed by atoms with van der Waals surface area (Å²) < 4.78 is 38.1. The summed E-state index contributed by atoms with van der Waals surface area (Å²) in [5, 5.41) is 0.369. The van der Waals surface area contributed by atoms with E-state index in [2.05, 4.69) is 9.97 Å². The second-order valence-corrected chi connectivity index (χ2v) is 7.74. The highest BCUT2D eigenvalue weighted by Crippen LogP contribution is 2.37. The topological polar surface area (TPSA) is 46.1 Å². The normalized spacial score (nSPS) is 11.4. The fourth-order valence-electron chi connectivity index (χ4n) is 2.28. The van der Waals surface area contributed by atoms with E-state index in [-0.39, 0.29) is 20.4 Å². The van der Waals surface area contributed by atoms with E-state index in [1.54, 1.807) is 30.3 Å². The van der Waals surface area contributed by atoms with Crippen LogP contribution in [0.2, 0.25) is 15.3 Å². The Balaban J connectivity index is 1.82. The van der Waals surface area contributed by atoms with E-state index in [0.717, 1.165) is 24.0 Å². The quantitative estimate of drug-likeness (QED) is 0.295. The Morgan fingerprint density at radius 2 is 1.72 bits per heavy atom. The molecule has 150 valence electrons. The first-order chi connectivity index (χ1) is 13.7. The van der Waals surface area contributed by atoms with Crippen molar-refractivity contribution in [1.82, 2.24) is 9.97 Å². The predicted octanol–water partition coefficient (Wildman–Crippen LogP) is 6.90. The molecule has 29 heavy (non-hydrogen) atoms. The fraction of sp³-hybridized carbons (Fsp3) is 0.0556. The van der Waals surface area contributed by atoms with Gasteiger partial charge in [-0.25, -0.2) is 9.97 Å². The second-order valence-electron chi connectivity index (χ2n) is 5.52. The molecular formula is C18H9Cl3F3N3OS. The van der Waals surface area contributed by atoms with Crippen LogP contribution < -0.4 is 4.90 Å². The molecule has 1 amide bonds. The molecular weight excluding hydrogens is 470 g/mol. The number of aromatic nitrogens is 2. The van der Waals surface area contributed by atoms with Crippen LogP contribution in [0.1, 0.15) is 5.56 Å². The highest BCUT2D eigenvalue weighted by Gasteiger charge is 2.31. The van der Waals surface area contributed by atoms with Crippen LogP contribution >= 0.6 is 46.6 Å². The average molecular weight is 479 g/mol. The molecule has 3 aromatic rings. The largest absolute Gasteiger partial charge is 0.417 e. The number of anilines is 2. The summed E-state index contributed by atoms with van der Waals surface area (Å²) in [5.74, 6) is 0. The summed E-state index contributed by atoms with van der Waals surface area (Å²) in [6.07, 6.45) is -3.21. The number of amides is 1. The molecule has 0 spiro atoms. The number of carbonyl (C=O) groups is 1. The Bertz CT molecular complexity index is 1050. The zero-order chi connectivity index (χ0) is 21.2. The lowest BCUT2D eigenvalue weighted by atomic mass is 10.2. The third-order valence-electron chi connectivity index (χ3n) is 3.62. The molecule has 0 saturated carbocycles. The summed E-state index contributed by atoms with van der Waals surface area (Å²) in [4.78, 5) is 21.2. The lowest BCUT2D eigenvalue weighted by Gasteiger charge is -2.18. The maximum absolute atomic E-state index is 12.7. The smallest absolute Gasteiger partial charge is 0.281 e. The lowest BCUT2D eigenvalue weighted by molar-refractivity contribution is -0.137. The van der Waals surface area contributed by atoms with E-state index in [1.165, 1.54) is 11.0 Å². The van der Waals surface area contributed by atoms with Crippen LogP contribution in [-0.4, -0.2) is 16.4 Å². The van der Waals surface area contributed by atoms with E-state index in [9.17, 15) is 18.0 Å². The molecule has 0 aliphatic rings. The van der Waals surface area contributed by atoms with Crippen LogP contribution in [0, 0.1) is 0 Å². The number of pyridine rings is 2. The SMILES string of the molecule is O=CN(c1ccc(Sc2ncc(C(F)(F)F)cc2Cl)cc1)c1ccc(Cl)nc1Cl. The minimum atomic E-state index is -4.52. The van der Waals surface area contributed by atoms with Gasteiger partial charge in [-0.05, 0) is 42.5 Å². The zero-order valence-corrected chi connectivity index (χ0v) is 17.2. The van der Waals surface area contributed by atoms with Crippen molar-refractivity contribution in [1.29, 1.82) is 0 Å². The van der Waals surface area contributed by atoms with Crippen LogP contribution in [0.5, 0.6) is 0 Å². The maximum Gasteiger partial charge on any atom is 0.417 e. The van der Waals surface area contributed by atoms with Crippen molar-refractivity contribution in [2.24, 2.45) is 0 Å². The van der Waals surface area contributed by atoms with Crippen LogP contribution in [0.25, 0.3) is 0 Å². The molecule has 0 unspecified atom stereocenters. The molecule has 11 heteroatoms. The summed E-state index contributed by atoms with van der Waals surface area (Å²) in [7, 11) is 0. The molecule has 0 saturated heterocycles. The predicted molar refractivity (Wildman–Crippen MR) is 107 cm³/mol. The van der Waals surface area contributed by atoms with Crippen molar-refractivity contribution >= 4 is 64.3 Å². The first kappa shape index (κ1) is 21.7. The van der Waals surface area contributed by atoms with Crippen molar-refractivity contribution in [3.63, 3.8) is 0 Å². The number of rotatable bonds is 5. The van der Waals surface area contributed by atoms with Crippen molar-refractivity contribution in [2.75, 3.05) is 4.90 Å². The van der Waals surface area contributed by atoms with E-state index in [1.807, 2.05) is 0 Å². The molecule has 0 aliphatic carbocycles. The van der Waals surface area contributed by atoms with Gasteiger partial charge in [0.25, 0.3) is 0 Å². The molecule has 0 aliphatic heterocycles. The van der Waals surface area contributed by atoms with Crippen LogP contribution in [0.4, 0.5) is 24.5 Å².